The number of benzene rings is 2. The average molecular weight is 292 g/mol. The van der Waals surface area contributed by atoms with E-state index >= 15 is 0 Å². The smallest absolute Gasteiger partial charge is 0.200 e. The van der Waals surface area contributed by atoms with Crippen molar-refractivity contribution in [2.24, 2.45) is 0 Å². The molecule has 0 fully saturated rings. The van der Waals surface area contributed by atoms with Crippen molar-refractivity contribution in [3.05, 3.63) is 58.9 Å². The Balaban J connectivity index is 2.84. The third-order valence-corrected chi connectivity index (χ3v) is 2.68. The van der Waals surface area contributed by atoms with Crippen molar-refractivity contribution in [1.82, 2.24) is 0 Å². The van der Waals surface area contributed by atoms with Crippen molar-refractivity contribution in [3.63, 3.8) is 0 Å². The van der Waals surface area contributed by atoms with E-state index in [1.807, 2.05) is 5.92 Å². The zero-order valence-electron chi connectivity index (χ0n) is 10.3. The molecule has 0 aromatic heterocycles. The molecular weight excluding hydrogens is 287 g/mol. The molecule has 2 aromatic rings. The van der Waals surface area contributed by atoms with Gasteiger partial charge in [0.1, 0.15) is 0 Å². The molecule has 0 saturated carbocycles. The van der Waals surface area contributed by atoms with Crippen LogP contribution in [0.25, 0.3) is 11.1 Å². The highest BCUT2D eigenvalue weighted by Gasteiger charge is 2.27. The summed E-state index contributed by atoms with van der Waals surface area (Å²) in [5.41, 5.74) is -1.21. The fourth-order valence-corrected chi connectivity index (χ4v) is 1.75. The van der Waals surface area contributed by atoms with Gasteiger partial charge >= 0.3 is 0 Å². The molecule has 0 atom stereocenters. The highest BCUT2D eigenvalue weighted by molar-refractivity contribution is 5.72. The lowest BCUT2D eigenvalue weighted by atomic mass is 9.98. The number of hydrogen-bond acceptors (Lipinski definition) is 0. The molecule has 0 aliphatic heterocycles. The lowest BCUT2D eigenvalue weighted by molar-refractivity contribution is 0.381. The molecule has 0 bridgehead atoms. The first-order chi connectivity index (χ1) is 9.99. The Morgan fingerprint density at radius 2 is 1.29 bits per heavy atom. The van der Waals surface area contributed by atoms with Crippen molar-refractivity contribution >= 4 is 0 Å². The number of halogens is 5. The molecule has 2 rings (SSSR count). The first-order valence-corrected chi connectivity index (χ1v) is 5.56. The minimum Gasteiger partial charge on any atom is -0.203 e. The summed E-state index contributed by atoms with van der Waals surface area (Å²) in [5, 5.41) is 0. The molecule has 21 heavy (non-hydrogen) atoms. The van der Waals surface area contributed by atoms with Crippen LogP contribution in [-0.2, 0) is 0 Å². The van der Waals surface area contributed by atoms with Gasteiger partial charge in [0, 0.05) is 11.1 Å². The monoisotopic (exact) mass is 292 g/mol. The minimum atomic E-state index is -2.21. The van der Waals surface area contributed by atoms with E-state index in [4.69, 9.17) is 6.42 Å². The number of hydrogen-bond donors (Lipinski definition) is 0. The summed E-state index contributed by atoms with van der Waals surface area (Å²) in [6.45, 7) is 0. The molecule has 0 aliphatic carbocycles. The molecule has 5 heteroatoms. The summed E-state index contributed by atoms with van der Waals surface area (Å²) in [7, 11) is 0. The van der Waals surface area contributed by atoms with Crippen LogP contribution in [0.15, 0.2) is 24.3 Å². The molecule has 0 radical (unpaired) electrons. The van der Waals surface area contributed by atoms with Crippen molar-refractivity contribution in [1.29, 1.82) is 0 Å². The van der Waals surface area contributed by atoms with Crippen LogP contribution in [0.2, 0.25) is 0 Å². The summed E-state index contributed by atoms with van der Waals surface area (Å²) in [5.74, 6) is -3.42. The Morgan fingerprint density at radius 1 is 0.762 bits per heavy atom. The van der Waals surface area contributed by atoms with Gasteiger partial charge in [0.05, 0.1) is 5.56 Å². The van der Waals surface area contributed by atoms with E-state index in [1.165, 1.54) is 24.3 Å². The summed E-state index contributed by atoms with van der Waals surface area (Å²) < 4.78 is 67.1. The number of rotatable bonds is 1. The SMILES string of the molecule is C#CC#Cc1ccccc1-c1c(F)c(F)c(F)c(F)c1F. The molecule has 0 unspecified atom stereocenters. The van der Waals surface area contributed by atoms with Crippen molar-refractivity contribution < 1.29 is 22.0 Å². The van der Waals surface area contributed by atoms with Gasteiger partial charge < -0.3 is 0 Å². The summed E-state index contributed by atoms with van der Waals surface area (Å²) in [6, 6.07) is 5.43. The molecule has 0 saturated heterocycles. The molecule has 104 valence electrons. The molecule has 2 aromatic carbocycles. The van der Waals surface area contributed by atoms with Gasteiger partial charge in [-0.15, -0.1) is 6.42 Å². The molecule has 0 nitrogen and oxygen atoms in total. The Kier molecular flexibility index (Phi) is 3.95. The van der Waals surface area contributed by atoms with Crippen LogP contribution in [0.4, 0.5) is 22.0 Å². The van der Waals surface area contributed by atoms with Crippen LogP contribution in [0.5, 0.6) is 0 Å². The van der Waals surface area contributed by atoms with Gasteiger partial charge in [-0.25, -0.2) is 22.0 Å². The van der Waals surface area contributed by atoms with E-state index in [-0.39, 0.29) is 11.1 Å². The largest absolute Gasteiger partial charge is 0.203 e. The Morgan fingerprint density at radius 3 is 1.86 bits per heavy atom. The third-order valence-electron chi connectivity index (χ3n) is 2.68. The van der Waals surface area contributed by atoms with E-state index in [1.54, 1.807) is 0 Å². The third kappa shape index (κ3) is 2.46. The highest BCUT2D eigenvalue weighted by Crippen LogP contribution is 2.33. The second-order valence-electron chi connectivity index (χ2n) is 3.88. The second-order valence-corrected chi connectivity index (χ2v) is 3.88. The van der Waals surface area contributed by atoms with Crippen molar-refractivity contribution in [2.45, 2.75) is 0 Å². The standard InChI is InChI=1S/C16H5F5/c1-2-3-6-9-7-4-5-8-10(9)11-12(17)14(19)16(21)15(20)13(11)18/h1,4-5,7-8H. The fraction of sp³-hybridized carbons (Fsp3) is 0. The van der Waals surface area contributed by atoms with Crippen LogP contribution >= 0.6 is 0 Å². The van der Waals surface area contributed by atoms with E-state index in [2.05, 4.69) is 11.8 Å². The molecule has 0 amide bonds. The maximum Gasteiger partial charge on any atom is 0.200 e. The second kappa shape index (κ2) is 5.68. The zero-order valence-corrected chi connectivity index (χ0v) is 10.3. The Labute approximate surface area is 117 Å². The summed E-state index contributed by atoms with van der Waals surface area (Å²) in [4.78, 5) is 0. The van der Waals surface area contributed by atoms with Crippen LogP contribution in [-0.4, -0.2) is 0 Å². The van der Waals surface area contributed by atoms with Crippen LogP contribution in [0.1, 0.15) is 5.56 Å². The fourth-order valence-electron chi connectivity index (χ4n) is 1.75. The van der Waals surface area contributed by atoms with Gasteiger partial charge in [-0.05, 0) is 17.9 Å². The van der Waals surface area contributed by atoms with E-state index in [0.29, 0.717) is 0 Å². The lowest BCUT2D eigenvalue weighted by Gasteiger charge is -2.10. The molecule has 0 N–H and O–H groups in total. The summed E-state index contributed by atoms with van der Waals surface area (Å²) >= 11 is 0. The molecule has 0 heterocycles. The first kappa shape index (κ1) is 14.6. The Bertz CT molecular complexity index is 790. The maximum absolute atomic E-state index is 13.8. The van der Waals surface area contributed by atoms with Crippen molar-refractivity contribution in [2.75, 3.05) is 0 Å². The van der Waals surface area contributed by atoms with Gasteiger partial charge in [0.15, 0.2) is 23.3 Å². The van der Waals surface area contributed by atoms with E-state index < -0.39 is 34.6 Å². The quantitative estimate of drug-likeness (QED) is 0.322. The van der Waals surface area contributed by atoms with Gasteiger partial charge in [-0.3, -0.25) is 0 Å². The topological polar surface area (TPSA) is 0 Å². The average Bonchev–Trinajstić information content (AvgIpc) is 2.50. The lowest BCUT2D eigenvalue weighted by Crippen LogP contribution is -2.04. The van der Waals surface area contributed by atoms with Crippen molar-refractivity contribution in [3.8, 4) is 35.3 Å². The molecular formula is C16H5F5. The normalized spacial score (nSPS) is 9.71. The van der Waals surface area contributed by atoms with Gasteiger partial charge in [-0.2, -0.15) is 0 Å². The zero-order chi connectivity index (χ0) is 15.6. The molecule has 0 aliphatic rings. The summed E-state index contributed by atoms with van der Waals surface area (Å²) in [6.07, 6.45) is 4.95. The predicted molar refractivity (Wildman–Crippen MR) is 67.4 cm³/mol. The van der Waals surface area contributed by atoms with Crippen LogP contribution in [0.3, 0.4) is 0 Å². The predicted octanol–water partition coefficient (Wildman–Crippen LogP) is 4.03. The van der Waals surface area contributed by atoms with Crippen LogP contribution in [0, 0.1) is 53.3 Å². The highest BCUT2D eigenvalue weighted by atomic mass is 19.2. The maximum atomic E-state index is 13.8. The van der Waals surface area contributed by atoms with Gasteiger partial charge in [0.25, 0.3) is 0 Å². The Hall–Kier alpha value is -2.79. The van der Waals surface area contributed by atoms with Crippen LogP contribution < -0.4 is 0 Å². The van der Waals surface area contributed by atoms with E-state index in [9.17, 15) is 22.0 Å². The first-order valence-electron chi connectivity index (χ1n) is 5.56. The van der Waals surface area contributed by atoms with E-state index in [0.717, 1.165) is 0 Å². The number of terminal acetylenes is 1. The molecule has 0 spiro atoms. The van der Waals surface area contributed by atoms with Gasteiger partial charge in [-0.1, -0.05) is 24.1 Å². The van der Waals surface area contributed by atoms with Gasteiger partial charge in [0.2, 0.25) is 5.82 Å². The minimum absolute atomic E-state index is 0.0543.